The molecule has 1 atom stereocenters. The fourth-order valence-corrected chi connectivity index (χ4v) is 2.58. The Balaban J connectivity index is 2.48. The topological polar surface area (TPSA) is 51.3 Å². The molecule has 0 radical (unpaired) electrons. The first-order chi connectivity index (χ1) is 10.3. The number of nitrogens with two attached hydrogens (primary N) is 1. The van der Waals surface area contributed by atoms with E-state index >= 15 is 0 Å². The molecule has 0 saturated heterocycles. The van der Waals surface area contributed by atoms with E-state index in [1.807, 2.05) is 32.2 Å². The Bertz CT molecular complexity index is 670. The van der Waals surface area contributed by atoms with Gasteiger partial charge in [0.05, 0.1) is 11.6 Å². The Hall–Kier alpha value is -1.65. The molecule has 1 aromatic carbocycles. The van der Waals surface area contributed by atoms with Crippen LogP contribution in [0.4, 0.5) is 0 Å². The number of hydrogen-bond acceptors (Lipinski definition) is 3. The lowest BCUT2D eigenvalue weighted by Crippen LogP contribution is -2.38. The van der Waals surface area contributed by atoms with E-state index in [0.29, 0.717) is 0 Å². The second kappa shape index (κ2) is 6.63. The lowest BCUT2D eigenvalue weighted by atomic mass is 10.0. The summed E-state index contributed by atoms with van der Waals surface area (Å²) >= 11 is 0. The molecule has 0 aliphatic rings. The molecule has 4 nitrogen and oxygen atoms in total. The van der Waals surface area contributed by atoms with E-state index < -0.39 is 6.04 Å². The zero-order valence-corrected chi connectivity index (χ0v) is 14.3. The standard InChI is InChI=1S/C18H27N3O/c1-12(2)17(19)18(22)21-11-14(8-9-20(4)5)15-10-13(3)6-7-16(15)21/h6-7,10-12,17H,8-9,19H2,1-5H3/t17-/m0/s1. The summed E-state index contributed by atoms with van der Waals surface area (Å²) in [7, 11) is 4.12. The Kier molecular flexibility index (Phi) is 5.04. The molecule has 0 saturated carbocycles. The van der Waals surface area contributed by atoms with Crippen molar-refractivity contribution >= 4 is 16.8 Å². The van der Waals surface area contributed by atoms with Gasteiger partial charge in [0, 0.05) is 18.1 Å². The van der Waals surface area contributed by atoms with Gasteiger partial charge in [-0.3, -0.25) is 9.36 Å². The Labute approximate surface area is 132 Å². The highest BCUT2D eigenvalue weighted by molar-refractivity contribution is 5.97. The van der Waals surface area contributed by atoms with Crippen LogP contribution in [0.3, 0.4) is 0 Å². The first kappa shape index (κ1) is 16.7. The number of nitrogens with zero attached hydrogens (tertiary/aromatic N) is 2. The molecule has 1 aromatic heterocycles. The molecular weight excluding hydrogens is 274 g/mol. The molecule has 0 spiro atoms. The van der Waals surface area contributed by atoms with Crippen molar-refractivity contribution in [3.8, 4) is 0 Å². The summed E-state index contributed by atoms with van der Waals surface area (Å²) in [4.78, 5) is 14.8. The minimum absolute atomic E-state index is 0.0278. The van der Waals surface area contributed by atoms with Gasteiger partial charge in [-0.05, 0) is 51.1 Å². The lowest BCUT2D eigenvalue weighted by Gasteiger charge is -2.15. The first-order valence-corrected chi connectivity index (χ1v) is 7.86. The summed E-state index contributed by atoms with van der Waals surface area (Å²) in [6, 6.07) is 5.75. The van der Waals surface area contributed by atoms with Crippen molar-refractivity contribution in [1.29, 1.82) is 0 Å². The van der Waals surface area contributed by atoms with Crippen LogP contribution in [-0.4, -0.2) is 42.1 Å². The van der Waals surface area contributed by atoms with Crippen LogP contribution in [0.2, 0.25) is 0 Å². The fraction of sp³-hybridized carbons (Fsp3) is 0.500. The van der Waals surface area contributed by atoms with Gasteiger partial charge in [0.15, 0.2) is 0 Å². The lowest BCUT2D eigenvalue weighted by molar-refractivity contribution is 0.0862. The Morgan fingerprint density at radius 3 is 2.59 bits per heavy atom. The van der Waals surface area contributed by atoms with Crippen molar-refractivity contribution in [2.75, 3.05) is 20.6 Å². The molecule has 22 heavy (non-hydrogen) atoms. The number of aromatic nitrogens is 1. The van der Waals surface area contributed by atoms with Crippen molar-refractivity contribution in [3.63, 3.8) is 0 Å². The molecule has 2 aromatic rings. The van der Waals surface area contributed by atoms with E-state index in [-0.39, 0.29) is 11.8 Å². The molecule has 0 fully saturated rings. The van der Waals surface area contributed by atoms with E-state index in [9.17, 15) is 4.79 Å². The third-order valence-electron chi connectivity index (χ3n) is 4.11. The summed E-state index contributed by atoms with van der Waals surface area (Å²) in [6.45, 7) is 6.99. The minimum atomic E-state index is -0.474. The van der Waals surface area contributed by atoms with Gasteiger partial charge in [-0.2, -0.15) is 0 Å². The highest BCUT2D eigenvalue weighted by Gasteiger charge is 2.21. The van der Waals surface area contributed by atoms with Crippen molar-refractivity contribution in [2.45, 2.75) is 33.2 Å². The van der Waals surface area contributed by atoms with Gasteiger partial charge < -0.3 is 10.6 Å². The molecule has 0 bridgehead atoms. The normalized spacial score (nSPS) is 13.3. The van der Waals surface area contributed by atoms with Gasteiger partial charge in [-0.1, -0.05) is 25.5 Å². The predicted octanol–water partition coefficient (Wildman–Crippen LogP) is 2.68. The molecule has 0 aliphatic heterocycles. The minimum Gasteiger partial charge on any atom is -0.320 e. The van der Waals surface area contributed by atoms with Gasteiger partial charge in [0.25, 0.3) is 0 Å². The number of likely N-dealkylation sites (N-methyl/N-ethyl adjacent to an activating group) is 1. The summed E-state index contributed by atoms with van der Waals surface area (Å²) in [5.41, 5.74) is 9.44. The third kappa shape index (κ3) is 3.39. The van der Waals surface area contributed by atoms with Gasteiger partial charge in [-0.15, -0.1) is 0 Å². The second-order valence-corrected chi connectivity index (χ2v) is 6.71. The number of hydrogen-bond donors (Lipinski definition) is 1. The predicted molar refractivity (Wildman–Crippen MR) is 92.4 cm³/mol. The zero-order valence-electron chi connectivity index (χ0n) is 14.3. The summed E-state index contributed by atoms with van der Waals surface area (Å²) < 4.78 is 1.74. The number of aryl methyl sites for hydroxylation is 1. The van der Waals surface area contributed by atoms with Crippen LogP contribution >= 0.6 is 0 Å². The number of rotatable bonds is 5. The van der Waals surface area contributed by atoms with Crippen molar-refractivity contribution in [1.82, 2.24) is 9.47 Å². The van der Waals surface area contributed by atoms with Gasteiger partial charge in [-0.25, -0.2) is 0 Å². The molecule has 0 aliphatic carbocycles. The highest BCUT2D eigenvalue weighted by atomic mass is 16.2. The largest absolute Gasteiger partial charge is 0.320 e. The molecule has 0 unspecified atom stereocenters. The average molecular weight is 301 g/mol. The Morgan fingerprint density at radius 1 is 1.32 bits per heavy atom. The summed E-state index contributed by atoms with van der Waals surface area (Å²) in [5.74, 6) is 0.0978. The molecule has 0 amide bonds. The molecule has 1 heterocycles. The second-order valence-electron chi connectivity index (χ2n) is 6.71. The Morgan fingerprint density at radius 2 is 2.00 bits per heavy atom. The molecule has 120 valence electrons. The molecule has 4 heteroatoms. The maximum absolute atomic E-state index is 12.7. The van der Waals surface area contributed by atoms with E-state index in [4.69, 9.17) is 5.73 Å². The maximum atomic E-state index is 12.7. The maximum Gasteiger partial charge on any atom is 0.248 e. The summed E-state index contributed by atoms with van der Waals surface area (Å²) in [5, 5.41) is 1.16. The van der Waals surface area contributed by atoms with Crippen LogP contribution in [0.1, 0.15) is 29.8 Å². The number of fused-ring (bicyclic) bond motifs is 1. The van der Waals surface area contributed by atoms with Crippen LogP contribution < -0.4 is 5.73 Å². The first-order valence-electron chi connectivity index (χ1n) is 7.86. The third-order valence-corrected chi connectivity index (χ3v) is 4.11. The number of carbonyl (C=O) groups excluding carboxylic acids is 1. The van der Waals surface area contributed by atoms with Gasteiger partial charge in [0.1, 0.15) is 0 Å². The van der Waals surface area contributed by atoms with Gasteiger partial charge in [0.2, 0.25) is 5.91 Å². The average Bonchev–Trinajstić information content (AvgIpc) is 2.81. The van der Waals surface area contributed by atoms with Crippen LogP contribution in [0.25, 0.3) is 10.9 Å². The van der Waals surface area contributed by atoms with E-state index in [0.717, 1.165) is 23.9 Å². The molecule has 2 N–H and O–H groups in total. The smallest absolute Gasteiger partial charge is 0.248 e. The van der Waals surface area contributed by atoms with E-state index in [1.165, 1.54) is 11.1 Å². The van der Waals surface area contributed by atoms with Crippen molar-refractivity contribution < 1.29 is 4.79 Å². The van der Waals surface area contributed by atoms with Crippen LogP contribution in [0, 0.1) is 12.8 Å². The zero-order chi connectivity index (χ0) is 16.4. The van der Waals surface area contributed by atoms with Crippen molar-refractivity contribution in [3.05, 3.63) is 35.5 Å². The quantitative estimate of drug-likeness (QED) is 0.924. The fourth-order valence-electron chi connectivity index (χ4n) is 2.58. The number of carbonyl (C=O) groups is 1. The highest BCUT2D eigenvalue weighted by Crippen LogP contribution is 2.24. The van der Waals surface area contributed by atoms with Crippen molar-refractivity contribution in [2.24, 2.45) is 11.7 Å². The van der Waals surface area contributed by atoms with Gasteiger partial charge >= 0.3 is 0 Å². The van der Waals surface area contributed by atoms with E-state index in [2.05, 4.69) is 32.0 Å². The van der Waals surface area contributed by atoms with Crippen LogP contribution in [0.5, 0.6) is 0 Å². The van der Waals surface area contributed by atoms with E-state index in [1.54, 1.807) is 4.57 Å². The summed E-state index contributed by atoms with van der Waals surface area (Å²) in [6.07, 6.45) is 2.89. The number of benzene rings is 1. The van der Waals surface area contributed by atoms with Crippen LogP contribution in [0.15, 0.2) is 24.4 Å². The SMILES string of the molecule is Cc1ccc2c(c1)c(CCN(C)C)cn2C(=O)[C@@H](N)C(C)C. The molecular formula is C18H27N3O. The van der Waals surface area contributed by atoms with Crippen LogP contribution in [-0.2, 0) is 6.42 Å². The monoisotopic (exact) mass is 301 g/mol. The molecule has 2 rings (SSSR count).